The number of carbonyl (C=O) groups is 1. The molecular weight excluding hydrogens is 294 g/mol. The average molecular weight is 311 g/mol. The van der Waals surface area contributed by atoms with Crippen molar-refractivity contribution >= 4 is 11.6 Å². The highest BCUT2D eigenvalue weighted by Crippen LogP contribution is 2.26. The van der Waals surface area contributed by atoms with Gasteiger partial charge in [-0.3, -0.25) is 9.20 Å². The summed E-state index contributed by atoms with van der Waals surface area (Å²) in [6, 6.07) is 5.83. The molecule has 1 aliphatic heterocycles. The largest absolute Gasteiger partial charge is 0.438 e. The van der Waals surface area contributed by atoms with E-state index in [4.69, 9.17) is 4.42 Å². The monoisotopic (exact) mass is 311 g/mol. The number of carbonyl (C=O) groups excluding carboxylic acids is 1. The molecule has 1 unspecified atom stereocenters. The Labute approximate surface area is 132 Å². The number of amides is 1. The number of hydrogen-bond donors (Lipinski definition) is 0. The molecule has 1 atom stereocenters. The Bertz CT molecular complexity index is 853. The molecule has 1 saturated heterocycles. The number of rotatable bonds is 2. The van der Waals surface area contributed by atoms with Crippen LogP contribution in [0.15, 0.2) is 35.0 Å². The quantitative estimate of drug-likeness (QED) is 0.724. The highest BCUT2D eigenvalue weighted by Gasteiger charge is 2.30. The predicted octanol–water partition coefficient (Wildman–Crippen LogP) is 2.05. The van der Waals surface area contributed by atoms with Crippen LogP contribution in [0.1, 0.15) is 41.0 Å². The second kappa shape index (κ2) is 5.49. The van der Waals surface area contributed by atoms with Crippen LogP contribution < -0.4 is 0 Å². The molecule has 0 aliphatic carbocycles. The van der Waals surface area contributed by atoms with E-state index in [1.165, 1.54) is 0 Å². The van der Waals surface area contributed by atoms with E-state index in [-0.39, 0.29) is 17.7 Å². The summed E-state index contributed by atoms with van der Waals surface area (Å²) >= 11 is 0. The Hall–Kier alpha value is -2.70. The summed E-state index contributed by atoms with van der Waals surface area (Å²) < 4.78 is 7.35. The first kappa shape index (κ1) is 13.9. The van der Waals surface area contributed by atoms with Gasteiger partial charge in [0.05, 0.1) is 6.20 Å². The lowest BCUT2D eigenvalue weighted by molar-refractivity contribution is 0.0662. The fourth-order valence-electron chi connectivity index (χ4n) is 3.10. The van der Waals surface area contributed by atoms with E-state index in [2.05, 4.69) is 15.2 Å². The maximum atomic E-state index is 12.5. The topological polar surface area (TPSA) is 76.5 Å². The van der Waals surface area contributed by atoms with Crippen molar-refractivity contribution in [3.63, 3.8) is 0 Å². The third-order valence-corrected chi connectivity index (χ3v) is 4.22. The molecular formula is C16H17N5O2. The van der Waals surface area contributed by atoms with Crippen molar-refractivity contribution in [1.82, 2.24) is 24.5 Å². The fourth-order valence-corrected chi connectivity index (χ4v) is 3.10. The van der Waals surface area contributed by atoms with Crippen LogP contribution in [0.2, 0.25) is 0 Å². The number of fused-ring (bicyclic) bond motifs is 1. The van der Waals surface area contributed by atoms with Crippen LogP contribution in [0.5, 0.6) is 0 Å². The summed E-state index contributed by atoms with van der Waals surface area (Å²) in [6.45, 7) is 3.11. The average Bonchev–Trinajstić information content (AvgIpc) is 3.20. The molecule has 118 valence electrons. The van der Waals surface area contributed by atoms with Gasteiger partial charge in [-0.05, 0) is 31.9 Å². The van der Waals surface area contributed by atoms with Gasteiger partial charge in [0, 0.05) is 25.2 Å². The SMILES string of the molecule is Cc1cnc(C(=O)N2CCCC(c3nnc4ccccn34)C2)o1. The Morgan fingerprint density at radius 1 is 1.35 bits per heavy atom. The standard InChI is InChI=1S/C16H17N5O2/c1-11-9-17-15(23-11)16(22)20-7-4-5-12(10-20)14-19-18-13-6-2-3-8-21(13)14/h2-3,6,8-9,12H,4-5,7,10H2,1H3. The van der Waals surface area contributed by atoms with Gasteiger partial charge in [-0.15, -0.1) is 10.2 Å². The van der Waals surface area contributed by atoms with Crippen molar-refractivity contribution in [3.8, 4) is 0 Å². The summed E-state index contributed by atoms with van der Waals surface area (Å²) in [7, 11) is 0. The third kappa shape index (κ3) is 2.48. The first-order chi connectivity index (χ1) is 11.2. The molecule has 4 heterocycles. The van der Waals surface area contributed by atoms with Gasteiger partial charge in [0.25, 0.3) is 5.89 Å². The van der Waals surface area contributed by atoms with Crippen LogP contribution in [0, 0.1) is 6.92 Å². The number of pyridine rings is 1. The van der Waals surface area contributed by atoms with E-state index in [0.717, 1.165) is 24.3 Å². The van der Waals surface area contributed by atoms with Crippen molar-refractivity contribution < 1.29 is 9.21 Å². The predicted molar refractivity (Wildman–Crippen MR) is 82.1 cm³/mol. The second-order valence-corrected chi connectivity index (χ2v) is 5.85. The van der Waals surface area contributed by atoms with Gasteiger partial charge in [-0.1, -0.05) is 6.07 Å². The summed E-state index contributed by atoms with van der Waals surface area (Å²) in [5.41, 5.74) is 0.828. The maximum absolute atomic E-state index is 12.5. The van der Waals surface area contributed by atoms with Crippen molar-refractivity contribution in [1.29, 1.82) is 0 Å². The molecule has 0 bridgehead atoms. The number of likely N-dealkylation sites (tertiary alicyclic amines) is 1. The maximum Gasteiger partial charge on any atom is 0.309 e. The van der Waals surface area contributed by atoms with Crippen molar-refractivity contribution in [2.75, 3.05) is 13.1 Å². The van der Waals surface area contributed by atoms with E-state index in [0.29, 0.717) is 18.8 Å². The van der Waals surface area contributed by atoms with Crippen molar-refractivity contribution in [2.24, 2.45) is 0 Å². The van der Waals surface area contributed by atoms with Gasteiger partial charge in [0.15, 0.2) is 5.65 Å². The molecule has 3 aromatic rings. The lowest BCUT2D eigenvalue weighted by Crippen LogP contribution is -2.39. The Morgan fingerprint density at radius 3 is 3.09 bits per heavy atom. The third-order valence-electron chi connectivity index (χ3n) is 4.22. The molecule has 0 saturated carbocycles. The summed E-state index contributed by atoms with van der Waals surface area (Å²) in [5, 5.41) is 8.53. The Kier molecular flexibility index (Phi) is 3.33. The zero-order chi connectivity index (χ0) is 15.8. The number of oxazole rings is 1. The molecule has 1 amide bonds. The molecule has 4 rings (SSSR count). The fraction of sp³-hybridized carbons (Fsp3) is 0.375. The molecule has 1 aliphatic rings. The minimum atomic E-state index is -0.156. The van der Waals surface area contributed by atoms with Crippen LogP contribution >= 0.6 is 0 Å². The molecule has 1 fully saturated rings. The van der Waals surface area contributed by atoms with Crippen molar-refractivity contribution in [3.05, 3.63) is 48.1 Å². The molecule has 7 heteroatoms. The molecule has 0 radical (unpaired) electrons. The summed E-state index contributed by atoms with van der Waals surface area (Å²) in [6.07, 6.45) is 5.45. The Morgan fingerprint density at radius 2 is 2.26 bits per heavy atom. The summed E-state index contributed by atoms with van der Waals surface area (Å²) in [4.78, 5) is 18.4. The highest BCUT2D eigenvalue weighted by atomic mass is 16.4. The van der Waals surface area contributed by atoms with E-state index < -0.39 is 0 Å². The molecule has 23 heavy (non-hydrogen) atoms. The number of piperidine rings is 1. The minimum absolute atomic E-state index is 0.156. The van der Waals surface area contributed by atoms with E-state index in [9.17, 15) is 4.79 Å². The molecule has 7 nitrogen and oxygen atoms in total. The first-order valence-corrected chi connectivity index (χ1v) is 7.74. The van der Waals surface area contributed by atoms with Gasteiger partial charge in [-0.2, -0.15) is 0 Å². The Balaban J connectivity index is 1.58. The lowest BCUT2D eigenvalue weighted by atomic mass is 9.97. The number of nitrogens with zero attached hydrogens (tertiary/aromatic N) is 5. The van der Waals surface area contributed by atoms with E-state index in [1.54, 1.807) is 18.0 Å². The van der Waals surface area contributed by atoms with Crippen LogP contribution in [0.25, 0.3) is 5.65 Å². The van der Waals surface area contributed by atoms with Crippen LogP contribution in [-0.4, -0.2) is 43.5 Å². The molecule has 3 aromatic heterocycles. The molecule has 0 aromatic carbocycles. The van der Waals surface area contributed by atoms with Crippen LogP contribution in [-0.2, 0) is 0 Å². The van der Waals surface area contributed by atoms with Gasteiger partial charge >= 0.3 is 5.91 Å². The van der Waals surface area contributed by atoms with Gasteiger partial charge < -0.3 is 9.32 Å². The zero-order valence-electron chi connectivity index (χ0n) is 12.8. The number of aryl methyl sites for hydroxylation is 1. The van der Waals surface area contributed by atoms with E-state index in [1.807, 2.05) is 28.8 Å². The van der Waals surface area contributed by atoms with Gasteiger partial charge in [0.2, 0.25) is 0 Å². The van der Waals surface area contributed by atoms with Crippen molar-refractivity contribution in [2.45, 2.75) is 25.7 Å². The van der Waals surface area contributed by atoms with Gasteiger partial charge in [-0.25, -0.2) is 4.98 Å². The van der Waals surface area contributed by atoms with Crippen LogP contribution in [0.4, 0.5) is 0 Å². The number of aromatic nitrogens is 4. The first-order valence-electron chi connectivity index (χ1n) is 7.74. The second-order valence-electron chi connectivity index (χ2n) is 5.85. The van der Waals surface area contributed by atoms with Crippen LogP contribution in [0.3, 0.4) is 0 Å². The van der Waals surface area contributed by atoms with E-state index >= 15 is 0 Å². The zero-order valence-corrected chi connectivity index (χ0v) is 12.8. The highest BCUT2D eigenvalue weighted by molar-refractivity contribution is 5.89. The smallest absolute Gasteiger partial charge is 0.309 e. The molecule has 0 N–H and O–H groups in total. The minimum Gasteiger partial charge on any atom is -0.438 e. The lowest BCUT2D eigenvalue weighted by Gasteiger charge is -2.31. The molecule has 0 spiro atoms. The summed E-state index contributed by atoms with van der Waals surface area (Å²) in [5.74, 6) is 1.72. The normalized spacial score (nSPS) is 18.5. The number of hydrogen-bond acceptors (Lipinski definition) is 5. The van der Waals surface area contributed by atoms with Gasteiger partial charge in [0.1, 0.15) is 11.6 Å².